The number of benzene rings is 4. The van der Waals surface area contributed by atoms with Crippen molar-refractivity contribution >= 4 is 76.0 Å². The molecule has 0 radical (unpaired) electrons. The Labute approximate surface area is 332 Å². The fourth-order valence-electron chi connectivity index (χ4n) is 11.8. The predicted octanol–water partition coefficient (Wildman–Crippen LogP) is 11.3. The monoisotopic (exact) mass is 744 g/mol. The third-order valence-corrected chi connectivity index (χ3v) is 17.6. The Kier molecular flexibility index (Phi) is 7.02. The summed E-state index contributed by atoms with van der Waals surface area (Å²) in [4.78, 5) is 5.47. The second kappa shape index (κ2) is 10.8. The van der Waals surface area contributed by atoms with Crippen molar-refractivity contribution in [1.29, 1.82) is 0 Å². The van der Waals surface area contributed by atoms with E-state index in [9.17, 15) is 0 Å². The Bertz CT molecular complexity index is 2480. The number of nitrogens with zero attached hydrogens (tertiary/aromatic N) is 2. The molecule has 5 aliphatic rings. The van der Waals surface area contributed by atoms with Crippen LogP contribution < -0.4 is 31.6 Å². The second-order valence-corrected chi connectivity index (χ2v) is 27.2. The van der Waals surface area contributed by atoms with Crippen LogP contribution in [0.25, 0.3) is 11.0 Å². The molecule has 0 N–H and O–H groups in total. The zero-order valence-electron chi connectivity index (χ0n) is 35.9. The van der Waals surface area contributed by atoms with E-state index in [4.69, 9.17) is 4.42 Å². The zero-order chi connectivity index (χ0) is 39.0. The number of rotatable bonds is 2. The van der Waals surface area contributed by atoms with E-state index in [1.54, 1.807) is 10.8 Å². The van der Waals surface area contributed by atoms with Crippen molar-refractivity contribution in [3.05, 3.63) is 88.5 Å². The first-order valence-corrected chi connectivity index (χ1v) is 24.8. The van der Waals surface area contributed by atoms with Crippen LogP contribution in [-0.2, 0) is 21.7 Å². The standard InChI is InChI=1S/C50H61BN2OSi/c1-30-24-39-42-40(25-30)53-44-37(49(9)20-14-15-21-50(49,53)10)26-33(55(11,12)13)27-38(44)51(42)45-43(52(39)32-18-16-31(17-19-32)46(2,3)4)34-28-35-36(29-41(34)54-45)48(7,8)23-22-47(35,5)6/h16-19,24-29H,14-15,20-23H2,1-13H3. The molecule has 2 aliphatic carbocycles. The lowest BCUT2D eigenvalue weighted by atomic mass is 9.35. The van der Waals surface area contributed by atoms with Gasteiger partial charge in [-0.05, 0) is 131 Å². The summed E-state index contributed by atoms with van der Waals surface area (Å²) in [6.45, 7) is 31.9. The maximum absolute atomic E-state index is 7.53. The van der Waals surface area contributed by atoms with Crippen molar-refractivity contribution < 1.29 is 4.42 Å². The van der Waals surface area contributed by atoms with Crippen LogP contribution in [0.5, 0.6) is 0 Å². The van der Waals surface area contributed by atoms with Crippen molar-refractivity contribution in [1.82, 2.24) is 0 Å². The van der Waals surface area contributed by atoms with Gasteiger partial charge < -0.3 is 14.2 Å². The Morgan fingerprint density at radius 2 is 1.35 bits per heavy atom. The first-order valence-electron chi connectivity index (χ1n) is 21.3. The lowest BCUT2D eigenvalue weighted by Crippen LogP contribution is -2.64. The summed E-state index contributed by atoms with van der Waals surface area (Å²) in [5.41, 5.74) is 19.2. The molecule has 4 aromatic carbocycles. The predicted molar refractivity (Wildman–Crippen MR) is 240 cm³/mol. The molecular weight excluding hydrogens is 683 g/mol. The van der Waals surface area contributed by atoms with E-state index in [0.29, 0.717) is 0 Å². The van der Waals surface area contributed by atoms with Crippen molar-refractivity contribution in [3.8, 4) is 0 Å². The molecule has 0 spiro atoms. The molecule has 1 saturated carbocycles. The highest BCUT2D eigenvalue weighted by Crippen LogP contribution is 2.62. The van der Waals surface area contributed by atoms with Crippen LogP contribution in [0.2, 0.25) is 19.6 Å². The fraction of sp³-hybridized carbons (Fsp3) is 0.480. The number of hydrogen-bond donors (Lipinski definition) is 0. The summed E-state index contributed by atoms with van der Waals surface area (Å²) in [7, 11) is -1.69. The maximum Gasteiger partial charge on any atom is 0.297 e. The minimum absolute atomic E-state index is 0.00348. The molecule has 55 heavy (non-hydrogen) atoms. The van der Waals surface area contributed by atoms with Crippen LogP contribution in [0.3, 0.4) is 0 Å². The Hall–Kier alpha value is -3.70. The van der Waals surface area contributed by atoms with E-state index in [2.05, 4.69) is 159 Å². The first-order chi connectivity index (χ1) is 25.7. The summed E-state index contributed by atoms with van der Waals surface area (Å²) >= 11 is 0. The molecule has 10 rings (SSSR count). The van der Waals surface area contributed by atoms with Crippen molar-refractivity contribution in [2.24, 2.45) is 0 Å². The van der Waals surface area contributed by atoms with E-state index < -0.39 is 8.07 Å². The molecule has 3 aliphatic heterocycles. The largest absolute Gasteiger partial charge is 0.468 e. The molecule has 0 amide bonds. The molecule has 5 heteroatoms. The first kappa shape index (κ1) is 35.7. The van der Waals surface area contributed by atoms with Crippen LogP contribution in [0.4, 0.5) is 28.4 Å². The Morgan fingerprint density at radius 3 is 2.00 bits per heavy atom. The third-order valence-electron chi connectivity index (χ3n) is 15.6. The van der Waals surface area contributed by atoms with Gasteiger partial charge in [0.15, 0.2) is 0 Å². The molecule has 0 bridgehead atoms. The summed E-state index contributed by atoms with van der Waals surface area (Å²) in [5, 5.41) is 2.83. The van der Waals surface area contributed by atoms with Gasteiger partial charge in [-0.25, -0.2) is 0 Å². The summed E-state index contributed by atoms with van der Waals surface area (Å²) < 4.78 is 7.53. The molecule has 5 aromatic rings. The van der Waals surface area contributed by atoms with Gasteiger partial charge in [-0.15, -0.1) is 0 Å². The van der Waals surface area contributed by atoms with Gasteiger partial charge in [-0.2, -0.15) is 0 Å². The van der Waals surface area contributed by atoms with Crippen LogP contribution in [0, 0.1) is 6.92 Å². The molecule has 284 valence electrons. The van der Waals surface area contributed by atoms with Gasteiger partial charge in [0.25, 0.3) is 6.71 Å². The molecule has 0 saturated heterocycles. The lowest BCUT2D eigenvalue weighted by molar-refractivity contribution is 0.195. The molecule has 3 nitrogen and oxygen atoms in total. The third kappa shape index (κ3) is 4.62. The average molecular weight is 745 g/mol. The van der Waals surface area contributed by atoms with Gasteiger partial charge in [-0.1, -0.05) is 117 Å². The summed E-state index contributed by atoms with van der Waals surface area (Å²) in [5.74, 6) is 0. The molecule has 1 fully saturated rings. The number of fused-ring (bicyclic) bond motifs is 10. The topological polar surface area (TPSA) is 19.6 Å². The highest BCUT2D eigenvalue weighted by molar-refractivity contribution is 7.00. The Morgan fingerprint density at radius 1 is 0.709 bits per heavy atom. The summed E-state index contributed by atoms with van der Waals surface area (Å²) in [6.07, 6.45) is 7.39. The van der Waals surface area contributed by atoms with Gasteiger partial charge in [0.2, 0.25) is 0 Å². The second-order valence-electron chi connectivity index (χ2n) is 22.1. The molecular formula is C50H61BN2OSi. The average Bonchev–Trinajstić information content (AvgIpc) is 3.57. The van der Waals surface area contributed by atoms with Gasteiger partial charge in [0, 0.05) is 33.6 Å². The number of aryl methyl sites for hydroxylation is 1. The minimum Gasteiger partial charge on any atom is -0.468 e. The highest BCUT2D eigenvalue weighted by Gasteiger charge is 2.62. The number of anilines is 5. The molecule has 4 heterocycles. The number of hydrogen-bond acceptors (Lipinski definition) is 3. The quantitative estimate of drug-likeness (QED) is 0.165. The van der Waals surface area contributed by atoms with Crippen molar-refractivity contribution in [2.45, 2.75) is 155 Å². The number of furan rings is 1. The Balaban J connectivity index is 1.35. The fourth-order valence-corrected chi connectivity index (χ4v) is 13.0. The van der Waals surface area contributed by atoms with Crippen molar-refractivity contribution in [2.75, 3.05) is 9.80 Å². The van der Waals surface area contributed by atoms with Gasteiger partial charge >= 0.3 is 0 Å². The van der Waals surface area contributed by atoms with E-state index in [1.165, 1.54) is 106 Å². The van der Waals surface area contributed by atoms with E-state index in [0.717, 1.165) is 11.2 Å². The van der Waals surface area contributed by atoms with E-state index in [1.807, 2.05) is 0 Å². The highest BCUT2D eigenvalue weighted by atomic mass is 28.3. The lowest BCUT2D eigenvalue weighted by Gasteiger charge is -2.52. The van der Waals surface area contributed by atoms with Crippen LogP contribution >= 0.6 is 0 Å². The van der Waals surface area contributed by atoms with Gasteiger partial charge in [0.05, 0.1) is 25.0 Å². The van der Waals surface area contributed by atoms with Crippen molar-refractivity contribution in [3.63, 3.8) is 0 Å². The van der Waals surface area contributed by atoms with E-state index in [-0.39, 0.29) is 33.9 Å². The van der Waals surface area contributed by atoms with Gasteiger partial charge in [0.1, 0.15) is 5.58 Å². The van der Waals surface area contributed by atoms with E-state index >= 15 is 0 Å². The zero-order valence-corrected chi connectivity index (χ0v) is 36.9. The van der Waals surface area contributed by atoms with Crippen LogP contribution in [0.15, 0.2) is 65.1 Å². The SMILES string of the molecule is Cc1cc2c3c(c1)N1c4c(cc([Si](C)(C)C)cc4C4(C)CCCCC14C)B3c1oc3cc4c(cc3c1N2c1ccc(C(C)(C)C)cc1)C(C)(C)CCC4(C)C. The molecule has 1 aromatic heterocycles. The normalized spacial score (nSPS) is 24.3. The van der Waals surface area contributed by atoms with Crippen LogP contribution in [0.1, 0.15) is 129 Å². The summed E-state index contributed by atoms with van der Waals surface area (Å²) in [6, 6.07) is 24.8. The minimum atomic E-state index is -1.69. The van der Waals surface area contributed by atoms with Crippen LogP contribution in [-0.4, -0.2) is 20.3 Å². The molecule has 2 unspecified atom stereocenters. The smallest absolute Gasteiger partial charge is 0.297 e. The van der Waals surface area contributed by atoms with Gasteiger partial charge in [-0.3, -0.25) is 0 Å². The molecule has 2 atom stereocenters. The maximum atomic E-state index is 7.53.